The van der Waals surface area contributed by atoms with Crippen LogP contribution in [-0.4, -0.2) is 37.2 Å². The number of nitrogens with one attached hydrogen (secondary N) is 2. The van der Waals surface area contributed by atoms with Crippen molar-refractivity contribution in [3.8, 4) is 0 Å². The van der Waals surface area contributed by atoms with Gasteiger partial charge in [-0.25, -0.2) is 0 Å². The minimum absolute atomic E-state index is 0.196. The van der Waals surface area contributed by atoms with E-state index in [1.807, 2.05) is 19.9 Å². The van der Waals surface area contributed by atoms with Gasteiger partial charge in [0.05, 0.1) is 12.1 Å². The molecule has 1 aromatic rings. The number of hydrogen-bond acceptors (Lipinski definition) is 4. The Morgan fingerprint density at radius 3 is 2.82 bits per heavy atom. The molecule has 0 bridgehead atoms. The van der Waals surface area contributed by atoms with Gasteiger partial charge in [-0.05, 0) is 26.0 Å². The highest BCUT2D eigenvalue weighted by Gasteiger charge is 2.17. The van der Waals surface area contributed by atoms with E-state index in [4.69, 9.17) is 4.74 Å². The average molecular weight is 237 g/mol. The molecule has 0 aliphatic heterocycles. The van der Waals surface area contributed by atoms with E-state index >= 15 is 0 Å². The van der Waals surface area contributed by atoms with Gasteiger partial charge in [0.15, 0.2) is 0 Å². The largest absolute Gasteiger partial charge is 0.382 e. The fourth-order valence-corrected chi connectivity index (χ4v) is 1.55. The molecule has 94 valence electrons. The zero-order valence-electron chi connectivity index (χ0n) is 10.7. The second-order valence-corrected chi connectivity index (χ2v) is 4.45. The summed E-state index contributed by atoms with van der Waals surface area (Å²) in [6, 6.07) is 3.54. The molecule has 1 amide bonds. The molecule has 0 spiro atoms. The molecule has 5 heteroatoms. The van der Waals surface area contributed by atoms with Crippen LogP contribution in [0.2, 0.25) is 0 Å². The van der Waals surface area contributed by atoms with Gasteiger partial charge in [-0.1, -0.05) is 0 Å². The number of nitrogens with zero attached hydrogens (tertiary/aromatic N) is 1. The molecule has 0 aromatic carbocycles. The van der Waals surface area contributed by atoms with Gasteiger partial charge in [0, 0.05) is 26.0 Å². The third-order valence-electron chi connectivity index (χ3n) is 2.21. The van der Waals surface area contributed by atoms with E-state index in [1.54, 1.807) is 26.4 Å². The van der Waals surface area contributed by atoms with Gasteiger partial charge in [0.1, 0.15) is 5.69 Å². The van der Waals surface area contributed by atoms with Crippen molar-refractivity contribution in [1.82, 2.24) is 10.3 Å². The maximum atomic E-state index is 11.4. The van der Waals surface area contributed by atoms with Gasteiger partial charge in [-0.2, -0.15) is 0 Å². The van der Waals surface area contributed by atoms with Crippen molar-refractivity contribution in [2.24, 2.45) is 0 Å². The van der Waals surface area contributed by atoms with Crippen LogP contribution in [0.3, 0.4) is 0 Å². The molecule has 0 radical (unpaired) electrons. The van der Waals surface area contributed by atoms with Crippen LogP contribution < -0.4 is 10.6 Å². The molecule has 1 heterocycles. The standard InChI is InChI=1S/C12H19N3O2/c1-12(2,8-17-4)15-9-5-6-14-10(7-9)11(16)13-3/h5-7H,8H2,1-4H3,(H,13,16)(H,14,15). The normalized spacial score (nSPS) is 11.1. The highest BCUT2D eigenvalue weighted by molar-refractivity contribution is 5.92. The molecule has 0 saturated carbocycles. The number of ether oxygens (including phenoxy) is 1. The quantitative estimate of drug-likeness (QED) is 0.809. The van der Waals surface area contributed by atoms with Gasteiger partial charge in [0.25, 0.3) is 5.91 Å². The summed E-state index contributed by atoms with van der Waals surface area (Å²) in [5.41, 5.74) is 1.04. The van der Waals surface area contributed by atoms with E-state index in [1.165, 1.54) is 0 Å². The Bertz CT molecular complexity index is 391. The first kappa shape index (κ1) is 13.4. The summed E-state index contributed by atoms with van der Waals surface area (Å²) in [5.74, 6) is -0.196. The lowest BCUT2D eigenvalue weighted by Gasteiger charge is -2.26. The van der Waals surface area contributed by atoms with Crippen molar-refractivity contribution in [3.05, 3.63) is 24.0 Å². The van der Waals surface area contributed by atoms with Crippen LogP contribution in [0.15, 0.2) is 18.3 Å². The van der Waals surface area contributed by atoms with Crippen molar-refractivity contribution in [1.29, 1.82) is 0 Å². The van der Waals surface area contributed by atoms with Gasteiger partial charge < -0.3 is 15.4 Å². The summed E-state index contributed by atoms with van der Waals surface area (Å²) in [7, 11) is 3.24. The highest BCUT2D eigenvalue weighted by Crippen LogP contribution is 2.15. The Hall–Kier alpha value is -1.62. The Labute approximate surface area is 102 Å². The molecule has 2 N–H and O–H groups in total. The number of hydrogen-bond donors (Lipinski definition) is 2. The van der Waals surface area contributed by atoms with Crippen LogP contribution in [-0.2, 0) is 4.74 Å². The number of methoxy groups -OCH3 is 1. The van der Waals surface area contributed by atoms with E-state index in [0.717, 1.165) is 5.69 Å². The van der Waals surface area contributed by atoms with Crippen molar-refractivity contribution in [2.45, 2.75) is 19.4 Å². The number of carbonyl (C=O) groups excluding carboxylic acids is 1. The average Bonchev–Trinajstić information content (AvgIpc) is 2.27. The fourth-order valence-electron chi connectivity index (χ4n) is 1.55. The first-order valence-corrected chi connectivity index (χ1v) is 5.44. The van der Waals surface area contributed by atoms with Gasteiger partial charge in [-0.15, -0.1) is 0 Å². The number of aromatic nitrogens is 1. The lowest BCUT2D eigenvalue weighted by atomic mass is 10.1. The van der Waals surface area contributed by atoms with Crippen molar-refractivity contribution in [3.63, 3.8) is 0 Å². The lowest BCUT2D eigenvalue weighted by Crippen LogP contribution is -2.36. The summed E-state index contributed by atoms with van der Waals surface area (Å²) in [5, 5.41) is 5.84. The number of carbonyl (C=O) groups is 1. The second-order valence-electron chi connectivity index (χ2n) is 4.45. The zero-order valence-corrected chi connectivity index (χ0v) is 10.7. The molecule has 1 aromatic heterocycles. The second kappa shape index (κ2) is 5.63. The Balaban J connectivity index is 2.82. The molecule has 0 atom stereocenters. The molecule has 0 unspecified atom stereocenters. The van der Waals surface area contributed by atoms with Gasteiger partial charge >= 0.3 is 0 Å². The van der Waals surface area contributed by atoms with Crippen LogP contribution in [0.4, 0.5) is 5.69 Å². The first-order valence-electron chi connectivity index (χ1n) is 5.44. The third-order valence-corrected chi connectivity index (χ3v) is 2.21. The topological polar surface area (TPSA) is 63.2 Å². The van der Waals surface area contributed by atoms with Crippen molar-refractivity contribution in [2.75, 3.05) is 26.1 Å². The zero-order chi connectivity index (χ0) is 12.9. The predicted molar refractivity (Wildman–Crippen MR) is 67.2 cm³/mol. The first-order chi connectivity index (χ1) is 7.98. The van der Waals surface area contributed by atoms with E-state index in [0.29, 0.717) is 12.3 Å². The number of rotatable bonds is 5. The third kappa shape index (κ3) is 4.03. The van der Waals surface area contributed by atoms with E-state index < -0.39 is 0 Å². The summed E-state index contributed by atoms with van der Waals surface area (Å²) in [6.07, 6.45) is 1.61. The SMILES string of the molecule is CNC(=O)c1cc(NC(C)(C)COC)ccn1. The van der Waals surface area contributed by atoms with Crippen LogP contribution in [0.5, 0.6) is 0 Å². The van der Waals surface area contributed by atoms with Crippen LogP contribution in [0.25, 0.3) is 0 Å². The molecule has 5 nitrogen and oxygen atoms in total. The van der Waals surface area contributed by atoms with Crippen LogP contribution >= 0.6 is 0 Å². The Kier molecular flexibility index (Phi) is 4.45. The Morgan fingerprint density at radius 2 is 2.24 bits per heavy atom. The van der Waals surface area contributed by atoms with Crippen LogP contribution in [0.1, 0.15) is 24.3 Å². The van der Waals surface area contributed by atoms with Gasteiger partial charge in [-0.3, -0.25) is 9.78 Å². The Morgan fingerprint density at radius 1 is 1.53 bits per heavy atom. The summed E-state index contributed by atoms with van der Waals surface area (Å²) in [6.45, 7) is 4.62. The van der Waals surface area contributed by atoms with E-state index in [2.05, 4.69) is 15.6 Å². The minimum atomic E-state index is -0.198. The van der Waals surface area contributed by atoms with Crippen molar-refractivity contribution >= 4 is 11.6 Å². The maximum Gasteiger partial charge on any atom is 0.269 e. The van der Waals surface area contributed by atoms with E-state index in [9.17, 15) is 4.79 Å². The molecular weight excluding hydrogens is 218 g/mol. The molecule has 0 saturated heterocycles. The lowest BCUT2D eigenvalue weighted by molar-refractivity contribution is 0.0958. The molecule has 0 aliphatic carbocycles. The molecule has 1 rings (SSSR count). The van der Waals surface area contributed by atoms with Gasteiger partial charge in [0.2, 0.25) is 0 Å². The fraction of sp³-hybridized carbons (Fsp3) is 0.500. The number of amides is 1. The predicted octanol–water partition coefficient (Wildman–Crippen LogP) is 1.28. The van der Waals surface area contributed by atoms with Crippen LogP contribution in [0, 0.1) is 0 Å². The monoisotopic (exact) mass is 237 g/mol. The smallest absolute Gasteiger partial charge is 0.269 e. The summed E-state index contributed by atoms with van der Waals surface area (Å²) >= 11 is 0. The molecule has 17 heavy (non-hydrogen) atoms. The summed E-state index contributed by atoms with van der Waals surface area (Å²) in [4.78, 5) is 15.4. The maximum absolute atomic E-state index is 11.4. The molecular formula is C12H19N3O2. The van der Waals surface area contributed by atoms with E-state index in [-0.39, 0.29) is 11.4 Å². The molecule has 0 aliphatic rings. The molecule has 0 fully saturated rings. The summed E-state index contributed by atoms with van der Waals surface area (Å²) < 4.78 is 5.12. The number of anilines is 1. The minimum Gasteiger partial charge on any atom is -0.382 e. The van der Waals surface area contributed by atoms with Crippen molar-refractivity contribution < 1.29 is 9.53 Å². The highest BCUT2D eigenvalue weighted by atomic mass is 16.5. The number of pyridine rings is 1.